The number of aromatic nitrogens is 4. The van der Waals surface area contributed by atoms with E-state index in [4.69, 9.17) is 0 Å². The van der Waals surface area contributed by atoms with E-state index < -0.39 is 0 Å². The van der Waals surface area contributed by atoms with Gasteiger partial charge in [0.05, 0.1) is 0 Å². The van der Waals surface area contributed by atoms with Gasteiger partial charge in [-0.3, -0.25) is 0 Å². The molecule has 0 atom stereocenters. The number of thioether (sulfide) groups is 2. The second-order valence-electron chi connectivity index (χ2n) is 4.51. The normalized spacial score (nSPS) is 15.2. The predicted molar refractivity (Wildman–Crippen MR) is 83.4 cm³/mol. The van der Waals surface area contributed by atoms with Crippen LogP contribution in [0.4, 0.5) is 0 Å². The third-order valence-corrected chi connectivity index (χ3v) is 7.53. The van der Waals surface area contributed by atoms with E-state index in [1.165, 1.54) is 53.7 Å². The van der Waals surface area contributed by atoms with Crippen LogP contribution in [0.15, 0.2) is 20.6 Å². The van der Waals surface area contributed by atoms with Crippen LogP contribution in [0.25, 0.3) is 22.5 Å². The topological polar surface area (TPSA) is 51.6 Å². The molecule has 2 aliphatic rings. The minimum atomic E-state index is 1.00. The molecule has 5 rings (SSSR count). The van der Waals surface area contributed by atoms with Crippen LogP contribution in [-0.4, -0.2) is 19.2 Å². The van der Waals surface area contributed by atoms with Gasteiger partial charge in [0.1, 0.15) is 19.8 Å². The molecule has 2 aromatic heterocycles. The monoisotopic (exact) mass is 334 g/mol. The SMILES string of the molecule is c1cc2c(c3c1-c1nnsc1SC3)CSc1snnc1-2. The fraction of sp³-hybridized carbons (Fsp3) is 0.167. The van der Waals surface area contributed by atoms with Gasteiger partial charge in [-0.15, -0.1) is 33.7 Å². The highest BCUT2D eigenvalue weighted by Crippen LogP contribution is 2.49. The second-order valence-corrected chi connectivity index (χ2v) is 8.51. The largest absolute Gasteiger partial charge is 0.137 e. The lowest BCUT2D eigenvalue weighted by Gasteiger charge is -2.22. The molecule has 0 radical (unpaired) electrons. The summed E-state index contributed by atoms with van der Waals surface area (Å²) in [4.78, 5) is 0. The van der Waals surface area contributed by atoms with Crippen molar-refractivity contribution in [2.45, 2.75) is 19.9 Å². The number of rotatable bonds is 0. The van der Waals surface area contributed by atoms with Crippen LogP contribution in [-0.2, 0) is 11.5 Å². The summed E-state index contributed by atoms with van der Waals surface area (Å²) in [5.41, 5.74) is 7.40. The highest BCUT2D eigenvalue weighted by molar-refractivity contribution is 8.01. The van der Waals surface area contributed by atoms with Crippen molar-refractivity contribution in [2.24, 2.45) is 0 Å². The Bertz CT molecular complexity index is 769. The molecule has 0 spiro atoms. The van der Waals surface area contributed by atoms with Gasteiger partial charge in [0.15, 0.2) is 0 Å². The Balaban J connectivity index is 1.80. The molecule has 0 aliphatic carbocycles. The second kappa shape index (κ2) is 4.27. The molecule has 0 N–H and O–H groups in total. The van der Waals surface area contributed by atoms with Gasteiger partial charge in [0.2, 0.25) is 0 Å². The molecule has 0 saturated carbocycles. The molecule has 0 bridgehead atoms. The van der Waals surface area contributed by atoms with Crippen molar-refractivity contribution in [2.75, 3.05) is 0 Å². The number of benzene rings is 1. The summed E-state index contributed by atoms with van der Waals surface area (Å²) in [7, 11) is 0. The Hall–Kier alpha value is -0.960. The van der Waals surface area contributed by atoms with E-state index in [0.717, 1.165) is 22.9 Å². The fourth-order valence-corrected chi connectivity index (χ4v) is 6.25. The molecule has 3 aromatic rings. The van der Waals surface area contributed by atoms with Crippen LogP contribution in [0.3, 0.4) is 0 Å². The summed E-state index contributed by atoms with van der Waals surface area (Å²) < 4.78 is 10.6. The Morgan fingerprint density at radius 1 is 0.750 bits per heavy atom. The Morgan fingerprint density at radius 3 is 1.75 bits per heavy atom. The first-order chi connectivity index (χ1) is 9.92. The maximum atomic E-state index is 4.30. The minimum Gasteiger partial charge on any atom is -0.137 e. The van der Waals surface area contributed by atoms with Crippen LogP contribution in [0.2, 0.25) is 0 Å². The number of fused-ring (bicyclic) bond motifs is 7. The van der Waals surface area contributed by atoms with Crippen LogP contribution in [0.5, 0.6) is 0 Å². The van der Waals surface area contributed by atoms with Gasteiger partial charge in [-0.1, -0.05) is 21.1 Å². The third-order valence-electron chi connectivity index (χ3n) is 3.55. The van der Waals surface area contributed by atoms with E-state index in [1.807, 2.05) is 23.5 Å². The summed E-state index contributed by atoms with van der Waals surface area (Å²) >= 11 is 6.67. The van der Waals surface area contributed by atoms with Gasteiger partial charge in [-0.25, -0.2) is 0 Å². The van der Waals surface area contributed by atoms with E-state index in [2.05, 4.69) is 31.3 Å². The van der Waals surface area contributed by atoms with E-state index in [9.17, 15) is 0 Å². The molecule has 0 amide bonds. The lowest BCUT2D eigenvalue weighted by molar-refractivity contribution is 1.12. The van der Waals surface area contributed by atoms with Crippen molar-refractivity contribution in [1.82, 2.24) is 19.2 Å². The fourth-order valence-electron chi connectivity index (χ4n) is 2.62. The average molecular weight is 334 g/mol. The highest BCUT2D eigenvalue weighted by atomic mass is 32.2. The molecular weight excluding hydrogens is 328 g/mol. The van der Waals surface area contributed by atoms with Gasteiger partial charge in [-0.2, -0.15) is 0 Å². The van der Waals surface area contributed by atoms with Crippen LogP contribution >= 0.6 is 46.6 Å². The number of hydrogen-bond acceptors (Lipinski definition) is 8. The first-order valence-corrected chi connectivity index (χ1v) is 9.49. The van der Waals surface area contributed by atoms with Gasteiger partial charge in [0, 0.05) is 22.6 Å². The first-order valence-electron chi connectivity index (χ1n) is 5.97. The summed E-state index contributed by atoms with van der Waals surface area (Å²) in [6, 6.07) is 4.35. The minimum absolute atomic E-state index is 1.00. The Morgan fingerprint density at radius 2 is 1.25 bits per heavy atom. The lowest BCUT2D eigenvalue weighted by atomic mass is 9.95. The Labute approximate surface area is 131 Å². The van der Waals surface area contributed by atoms with Crippen molar-refractivity contribution >= 4 is 46.6 Å². The predicted octanol–water partition coefficient (Wildman–Crippen LogP) is 3.94. The first kappa shape index (κ1) is 11.7. The molecule has 1 aromatic carbocycles. The summed E-state index contributed by atoms with van der Waals surface area (Å²) in [5.74, 6) is 2.01. The van der Waals surface area contributed by atoms with Crippen LogP contribution < -0.4 is 0 Å². The molecule has 0 fully saturated rings. The zero-order chi connectivity index (χ0) is 13.1. The van der Waals surface area contributed by atoms with Crippen molar-refractivity contribution in [1.29, 1.82) is 0 Å². The zero-order valence-electron chi connectivity index (χ0n) is 9.99. The maximum Gasteiger partial charge on any atom is 0.119 e. The van der Waals surface area contributed by atoms with Crippen molar-refractivity contribution in [3.8, 4) is 22.5 Å². The standard InChI is InChI=1S/C12H6N4S4/c1-2-6-8(4-18-12-10(6)14-16-20-12)7-3-17-11-9(5(1)7)13-15-19-11/h1-2H,3-4H2. The molecule has 98 valence electrons. The van der Waals surface area contributed by atoms with Crippen molar-refractivity contribution in [3.05, 3.63) is 23.3 Å². The molecule has 2 aliphatic heterocycles. The third kappa shape index (κ3) is 1.50. The van der Waals surface area contributed by atoms with Gasteiger partial charge in [0.25, 0.3) is 0 Å². The molecule has 0 unspecified atom stereocenters. The molecule has 0 saturated heterocycles. The average Bonchev–Trinajstić information content (AvgIpc) is 3.14. The molecule has 20 heavy (non-hydrogen) atoms. The van der Waals surface area contributed by atoms with Crippen molar-refractivity contribution < 1.29 is 0 Å². The van der Waals surface area contributed by atoms with Crippen LogP contribution in [0, 0.1) is 0 Å². The van der Waals surface area contributed by atoms with Gasteiger partial charge >= 0.3 is 0 Å². The van der Waals surface area contributed by atoms with Gasteiger partial charge in [-0.05, 0) is 34.2 Å². The molecule has 4 nitrogen and oxygen atoms in total. The van der Waals surface area contributed by atoms with Gasteiger partial charge < -0.3 is 0 Å². The summed E-state index contributed by atoms with van der Waals surface area (Å²) in [6.07, 6.45) is 0. The Kier molecular flexibility index (Phi) is 2.49. The van der Waals surface area contributed by atoms with E-state index >= 15 is 0 Å². The molecule has 8 heteroatoms. The summed E-state index contributed by atoms with van der Waals surface area (Å²) in [5, 5.41) is 8.59. The number of hydrogen-bond donors (Lipinski definition) is 0. The van der Waals surface area contributed by atoms with E-state index in [0.29, 0.717) is 0 Å². The van der Waals surface area contributed by atoms with E-state index in [-0.39, 0.29) is 0 Å². The maximum absolute atomic E-state index is 4.30. The van der Waals surface area contributed by atoms with Crippen molar-refractivity contribution in [3.63, 3.8) is 0 Å². The smallest absolute Gasteiger partial charge is 0.119 e. The molecular formula is C12H6N4S4. The molecule has 4 heterocycles. The lowest BCUT2D eigenvalue weighted by Crippen LogP contribution is -2.04. The highest BCUT2D eigenvalue weighted by Gasteiger charge is 2.28. The quantitative estimate of drug-likeness (QED) is 0.621. The zero-order valence-corrected chi connectivity index (χ0v) is 13.3. The van der Waals surface area contributed by atoms with E-state index in [1.54, 1.807) is 0 Å². The van der Waals surface area contributed by atoms with Crippen LogP contribution in [0.1, 0.15) is 11.1 Å². The summed E-state index contributed by atoms with van der Waals surface area (Å²) in [6.45, 7) is 0. The number of nitrogens with zero attached hydrogens (tertiary/aromatic N) is 4.